The van der Waals surface area contributed by atoms with E-state index in [4.69, 9.17) is 12.2 Å². The smallest absolute Gasteiger partial charge is 0.307 e. The third-order valence-corrected chi connectivity index (χ3v) is 3.49. The van der Waals surface area contributed by atoms with Crippen LogP contribution >= 0.6 is 12.2 Å². The van der Waals surface area contributed by atoms with Crippen molar-refractivity contribution in [3.05, 3.63) is 28.5 Å². The molecule has 0 aliphatic heterocycles. The van der Waals surface area contributed by atoms with Gasteiger partial charge in [0.15, 0.2) is 0 Å². The van der Waals surface area contributed by atoms with E-state index in [0.29, 0.717) is 11.1 Å². The number of carbonyl (C=O) groups is 2. The van der Waals surface area contributed by atoms with E-state index in [1.165, 1.54) is 7.11 Å². The fourth-order valence-corrected chi connectivity index (χ4v) is 2.40. The van der Waals surface area contributed by atoms with Gasteiger partial charge in [0.2, 0.25) is 5.91 Å². The van der Waals surface area contributed by atoms with E-state index < -0.39 is 0 Å². The highest BCUT2D eigenvalue weighted by molar-refractivity contribution is 7.71. The van der Waals surface area contributed by atoms with E-state index in [-0.39, 0.29) is 30.9 Å². The zero-order valence-corrected chi connectivity index (χ0v) is 13.5. The van der Waals surface area contributed by atoms with Gasteiger partial charge in [0, 0.05) is 12.7 Å². The van der Waals surface area contributed by atoms with Gasteiger partial charge in [-0.2, -0.15) is 0 Å². The second-order valence-corrected chi connectivity index (χ2v) is 5.29. The van der Waals surface area contributed by atoms with Crippen LogP contribution in [-0.4, -0.2) is 30.1 Å². The molecule has 0 aliphatic carbocycles. The molecule has 1 unspecified atom stereocenters. The second kappa shape index (κ2) is 8.56. The van der Waals surface area contributed by atoms with Gasteiger partial charge in [-0.15, -0.1) is 0 Å². The Labute approximate surface area is 130 Å². The fraction of sp³-hybridized carbons (Fsp3) is 0.533. The summed E-state index contributed by atoms with van der Waals surface area (Å²) in [4.78, 5) is 23.4. The lowest BCUT2D eigenvalue weighted by Gasteiger charge is -2.20. The first-order valence-electron chi connectivity index (χ1n) is 7.03. The highest BCUT2D eigenvalue weighted by atomic mass is 32.1. The molecule has 0 aliphatic rings. The standard InChI is InChI=1S/C15H22N2O3S/c1-4-5-12(15(19)16-8-6-14(18)20-3)17-9-7-11(2)10-13(17)21/h7,9-10,12H,4-6,8H2,1-3H3,(H,16,19). The van der Waals surface area contributed by atoms with E-state index in [0.717, 1.165) is 12.0 Å². The van der Waals surface area contributed by atoms with Gasteiger partial charge in [-0.05, 0) is 31.0 Å². The Bertz CT molecular complexity index is 554. The third-order valence-electron chi connectivity index (χ3n) is 3.16. The number of carbonyl (C=O) groups excluding carboxylic acids is 2. The van der Waals surface area contributed by atoms with Gasteiger partial charge in [-0.25, -0.2) is 0 Å². The van der Waals surface area contributed by atoms with Crippen LogP contribution in [0, 0.1) is 11.6 Å². The monoisotopic (exact) mass is 310 g/mol. The minimum absolute atomic E-state index is 0.124. The molecule has 0 radical (unpaired) electrons. The molecular formula is C15H22N2O3S. The van der Waals surface area contributed by atoms with Crippen molar-refractivity contribution in [1.82, 2.24) is 9.88 Å². The molecule has 1 amide bonds. The normalized spacial score (nSPS) is 11.8. The molecule has 0 saturated heterocycles. The summed E-state index contributed by atoms with van der Waals surface area (Å²) in [6.07, 6.45) is 3.57. The zero-order valence-electron chi connectivity index (χ0n) is 12.7. The first-order valence-corrected chi connectivity index (χ1v) is 7.43. The summed E-state index contributed by atoms with van der Waals surface area (Å²) in [6.45, 7) is 4.25. The second-order valence-electron chi connectivity index (χ2n) is 4.87. The Kier molecular flexibility index (Phi) is 7.08. The summed E-state index contributed by atoms with van der Waals surface area (Å²) in [7, 11) is 1.33. The number of pyridine rings is 1. The van der Waals surface area contributed by atoms with Crippen LogP contribution in [0.25, 0.3) is 0 Å². The van der Waals surface area contributed by atoms with E-state index in [9.17, 15) is 9.59 Å². The van der Waals surface area contributed by atoms with Gasteiger partial charge in [-0.3, -0.25) is 9.59 Å². The molecular weight excluding hydrogens is 288 g/mol. The largest absolute Gasteiger partial charge is 0.469 e. The van der Waals surface area contributed by atoms with Gasteiger partial charge in [0.05, 0.1) is 13.5 Å². The summed E-state index contributed by atoms with van der Waals surface area (Å²) in [5.74, 6) is -0.463. The maximum atomic E-state index is 12.3. The van der Waals surface area contributed by atoms with Crippen molar-refractivity contribution in [1.29, 1.82) is 0 Å². The molecule has 0 spiro atoms. The Balaban J connectivity index is 2.78. The molecule has 1 rings (SSSR count). The molecule has 1 atom stereocenters. The molecule has 1 aromatic heterocycles. The fourth-order valence-electron chi connectivity index (χ4n) is 2.02. The summed E-state index contributed by atoms with van der Waals surface area (Å²) < 4.78 is 6.99. The number of esters is 1. The number of rotatable bonds is 7. The van der Waals surface area contributed by atoms with Crippen LogP contribution in [0.1, 0.15) is 37.8 Å². The Morgan fingerprint density at radius 3 is 2.76 bits per heavy atom. The molecule has 1 heterocycles. The van der Waals surface area contributed by atoms with Crippen LogP contribution in [0.15, 0.2) is 18.3 Å². The van der Waals surface area contributed by atoms with Gasteiger partial charge < -0.3 is 14.6 Å². The summed E-state index contributed by atoms with van der Waals surface area (Å²) >= 11 is 5.33. The third kappa shape index (κ3) is 5.30. The number of hydrogen-bond acceptors (Lipinski definition) is 4. The highest BCUT2D eigenvalue weighted by Crippen LogP contribution is 2.16. The number of ether oxygens (including phenoxy) is 1. The number of hydrogen-bond donors (Lipinski definition) is 1. The van der Waals surface area contributed by atoms with Crippen LogP contribution in [0.2, 0.25) is 0 Å². The number of aryl methyl sites for hydroxylation is 1. The number of nitrogens with one attached hydrogen (secondary N) is 1. The lowest BCUT2D eigenvalue weighted by Crippen LogP contribution is -2.34. The molecule has 0 saturated carbocycles. The molecule has 1 N–H and O–H groups in total. The highest BCUT2D eigenvalue weighted by Gasteiger charge is 2.19. The van der Waals surface area contributed by atoms with Crippen LogP contribution in [0.3, 0.4) is 0 Å². The van der Waals surface area contributed by atoms with Crippen LogP contribution in [0.5, 0.6) is 0 Å². The van der Waals surface area contributed by atoms with E-state index in [2.05, 4.69) is 10.1 Å². The molecule has 0 fully saturated rings. The quantitative estimate of drug-likeness (QED) is 0.621. The van der Waals surface area contributed by atoms with Gasteiger partial charge in [0.25, 0.3) is 0 Å². The predicted octanol–water partition coefficient (Wildman–Crippen LogP) is 2.55. The van der Waals surface area contributed by atoms with Crippen molar-refractivity contribution >= 4 is 24.1 Å². The first kappa shape index (κ1) is 17.4. The predicted molar refractivity (Wildman–Crippen MR) is 83.6 cm³/mol. The Morgan fingerprint density at radius 2 is 2.19 bits per heavy atom. The molecule has 116 valence electrons. The molecule has 1 aromatic rings. The van der Waals surface area contributed by atoms with Crippen molar-refractivity contribution in [2.24, 2.45) is 0 Å². The molecule has 0 aromatic carbocycles. The Hall–Kier alpha value is -1.69. The van der Waals surface area contributed by atoms with Crippen LogP contribution < -0.4 is 5.32 Å². The average molecular weight is 310 g/mol. The van der Waals surface area contributed by atoms with Crippen molar-refractivity contribution in [2.45, 2.75) is 39.2 Å². The van der Waals surface area contributed by atoms with Crippen LogP contribution in [-0.2, 0) is 14.3 Å². The maximum Gasteiger partial charge on any atom is 0.307 e. The lowest BCUT2D eigenvalue weighted by atomic mass is 10.1. The molecule has 21 heavy (non-hydrogen) atoms. The van der Waals surface area contributed by atoms with Crippen molar-refractivity contribution in [3.63, 3.8) is 0 Å². The van der Waals surface area contributed by atoms with Gasteiger partial charge >= 0.3 is 5.97 Å². The maximum absolute atomic E-state index is 12.3. The van der Waals surface area contributed by atoms with E-state index in [1.54, 1.807) is 4.57 Å². The SMILES string of the molecule is CCCC(C(=O)NCCC(=O)OC)n1ccc(C)cc1=S. The van der Waals surface area contributed by atoms with Crippen LogP contribution in [0.4, 0.5) is 0 Å². The minimum atomic E-state index is -0.347. The average Bonchev–Trinajstić information content (AvgIpc) is 2.45. The van der Waals surface area contributed by atoms with Gasteiger partial charge in [-0.1, -0.05) is 25.6 Å². The molecule has 0 bridgehead atoms. The summed E-state index contributed by atoms with van der Waals surface area (Å²) in [5.41, 5.74) is 1.07. The lowest BCUT2D eigenvalue weighted by molar-refractivity contribution is -0.140. The Morgan fingerprint density at radius 1 is 1.48 bits per heavy atom. The number of methoxy groups -OCH3 is 1. The summed E-state index contributed by atoms with van der Waals surface area (Å²) in [5, 5.41) is 2.77. The minimum Gasteiger partial charge on any atom is -0.469 e. The number of aromatic nitrogens is 1. The molecule has 5 nitrogen and oxygen atoms in total. The van der Waals surface area contributed by atoms with Crippen molar-refractivity contribution in [3.8, 4) is 0 Å². The summed E-state index contributed by atoms with van der Waals surface area (Å²) in [6, 6.07) is 3.46. The van der Waals surface area contributed by atoms with Crippen molar-refractivity contribution in [2.75, 3.05) is 13.7 Å². The number of nitrogens with zero attached hydrogens (tertiary/aromatic N) is 1. The van der Waals surface area contributed by atoms with Crippen molar-refractivity contribution < 1.29 is 14.3 Å². The zero-order chi connectivity index (χ0) is 15.8. The van der Waals surface area contributed by atoms with Gasteiger partial charge in [0.1, 0.15) is 10.7 Å². The topological polar surface area (TPSA) is 60.3 Å². The van der Waals surface area contributed by atoms with E-state index in [1.807, 2.05) is 32.2 Å². The number of amides is 1. The molecule has 6 heteroatoms. The van der Waals surface area contributed by atoms with E-state index >= 15 is 0 Å². The first-order chi connectivity index (χ1) is 9.99.